The number of quaternary nitrogens is 1. The lowest BCUT2D eigenvalue weighted by Crippen LogP contribution is -2.44. The number of carbonyl (C=O) groups excluding carboxylic acids is 3. The van der Waals surface area contributed by atoms with Gasteiger partial charge in [-0.1, -0.05) is 243 Å². The molecule has 0 aliphatic rings. The van der Waals surface area contributed by atoms with Gasteiger partial charge in [0.15, 0.2) is 12.4 Å². The number of hydrogen-bond acceptors (Lipinski definition) is 8. The molecule has 0 N–H and O–H groups in total. The third-order valence-electron chi connectivity index (χ3n) is 12.7. The number of carboxylic acid groups (broad SMARTS) is 1. The van der Waals surface area contributed by atoms with Gasteiger partial charge in [-0.3, -0.25) is 9.59 Å². The summed E-state index contributed by atoms with van der Waals surface area (Å²) >= 11 is 0. The van der Waals surface area contributed by atoms with Crippen molar-refractivity contribution in [1.82, 2.24) is 0 Å². The molecule has 0 amide bonds. The number of hydrogen-bond donors (Lipinski definition) is 0. The van der Waals surface area contributed by atoms with Crippen LogP contribution in [0.25, 0.3) is 0 Å². The molecule has 2 atom stereocenters. The second kappa shape index (κ2) is 50.9. The van der Waals surface area contributed by atoms with E-state index in [2.05, 4.69) is 50.3 Å². The van der Waals surface area contributed by atoms with Crippen molar-refractivity contribution in [2.75, 3.05) is 47.5 Å². The molecule has 0 aromatic rings. The number of carbonyl (C=O) groups is 3. The van der Waals surface area contributed by atoms with Crippen LogP contribution in [0.2, 0.25) is 0 Å². The number of allylic oxidation sites excluding steroid dienone is 6. The number of ether oxygens (including phenoxy) is 4. The average molecular weight is 961 g/mol. The van der Waals surface area contributed by atoms with Crippen LogP contribution in [0, 0.1) is 0 Å². The topological polar surface area (TPSA) is 111 Å². The number of aliphatic carboxylic acids is 1. The van der Waals surface area contributed by atoms with Crippen molar-refractivity contribution in [1.29, 1.82) is 0 Å². The van der Waals surface area contributed by atoms with Gasteiger partial charge in [0.2, 0.25) is 0 Å². The zero-order valence-electron chi connectivity index (χ0n) is 45.2. The maximum absolute atomic E-state index is 12.8. The molecular weight excluding hydrogens is 851 g/mol. The standard InChI is InChI=1S/C59H109NO8/c1-6-8-10-12-14-16-18-20-22-23-24-25-26-27-28-29-30-31-32-33-34-36-37-39-41-43-45-47-49-56(61)66-53-55(54-67-59(58(63)64)65-52-51-60(3,4)5)68-57(62)50-48-46-44-42-40-38-35-21-19-17-15-13-11-9-7-2/h9,11,15,17,21,35,55,59H,6-8,10,12-14,16,18-20,22-34,36-54H2,1-5H3/b11-9-,17-15-,35-21-. The fourth-order valence-corrected chi connectivity index (χ4v) is 8.26. The smallest absolute Gasteiger partial charge is 0.306 e. The van der Waals surface area contributed by atoms with E-state index in [1.54, 1.807) is 0 Å². The molecule has 68 heavy (non-hydrogen) atoms. The summed E-state index contributed by atoms with van der Waals surface area (Å²) in [6.07, 6.45) is 57.8. The first-order valence-corrected chi connectivity index (χ1v) is 28.6. The Morgan fingerprint density at radius 1 is 0.456 bits per heavy atom. The molecule has 0 fully saturated rings. The normalized spacial score (nSPS) is 13.0. The molecular formula is C59H109NO8. The number of likely N-dealkylation sites (N-methyl/N-ethyl adjacent to an activating group) is 1. The lowest BCUT2D eigenvalue weighted by molar-refractivity contribution is -0.870. The Balaban J connectivity index is 4.13. The molecule has 2 unspecified atom stereocenters. The summed E-state index contributed by atoms with van der Waals surface area (Å²) in [7, 11) is 5.92. The Labute approximate surface area is 420 Å². The molecule has 0 bridgehead atoms. The molecule has 0 aliphatic carbocycles. The molecule has 0 aromatic carbocycles. The monoisotopic (exact) mass is 960 g/mol. The van der Waals surface area contributed by atoms with Crippen LogP contribution in [0.4, 0.5) is 0 Å². The van der Waals surface area contributed by atoms with Gasteiger partial charge in [-0.2, -0.15) is 0 Å². The SMILES string of the molecule is CC/C=C\C/C=C\C/C=C\CCCCCCCC(=O)OC(COC(=O)CCCCCCCCCCCCCCCCCCCCCCCCCCCCCC)COC(OCC[N+](C)(C)C)C(=O)[O-]. The number of unbranched alkanes of at least 4 members (excludes halogenated alkanes) is 32. The highest BCUT2D eigenvalue weighted by Gasteiger charge is 2.22. The van der Waals surface area contributed by atoms with Gasteiger partial charge in [0.1, 0.15) is 13.2 Å². The lowest BCUT2D eigenvalue weighted by Gasteiger charge is -2.26. The van der Waals surface area contributed by atoms with E-state index in [4.69, 9.17) is 18.9 Å². The highest BCUT2D eigenvalue weighted by atomic mass is 16.7. The van der Waals surface area contributed by atoms with Crippen LogP contribution in [-0.2, 0) is 33.3 Å². The number of esters is 2. The van der Waals surface area contributed by atoms with E-state index in [0.717, 1.165) is 70.6 Å². The van der Waals surface area contributed by atoms with Gasteiger partial charge < -0.3 is 33.3 Å². The second-order valence-electron chi connectivity index (χ2n) is 20.6. The van der Waals surface area contributed by atoms with Crippen LogP contribution in [-0.4, -0.2) is 82.3 Å². The van der Waals surface area contributed by atoms with Gasteiger partial charge in [0.25, 0.3) is 0 Å². The molecule has 0 rings (SSSR count). The first-order chi connectivity index (χ1) is 33.1. The Hall–Kier alpha value is -2.49. The molecule has 0 saturated heterocycles. The predicted molar refractivity (Wildman–Crippen MR) is 283 cm³/mol. The molecule has 0 saturated carbocycles. The summed E-state index contributed by atoms with van der Waals surface area (Å²) in [4.78, 5) is 37.2. The third-order valence-corrected chi connectivity index (χ3v) is 12.7. The van der Waals surface area contributed by atoms with E-state index in [9.17, 15) is 19.5 Å². The minimum absolute atomic E-state index is 0.145. The van der Waals surface area contributed by atoms with Gasteiger partial charge >= 0.3 is 11.9 Å². The fraction of sp³-hybridized carbons (Fsp3) is 0.847. The average Bonchev–Trinajstić information content (AvgIpc) is 3.30. The van der Waals surface area contributed by atoms with Crippen molar-refractivity contribution in [3.8, 4) is 0 Å². The van der Waals surface area contributed by atoms with Crippen LogP contribution in [0.3, 0.4) is 0 Å². The quantitative estimate of drug-likeness (QED) is 0.0195. The van der Waals surface area contributed by atoms with E-state index in [-0.39, 0.29) is 32.2 Å². The second-order valence-corrected chi connectivity index (χ2v) is 20.6. The molecule has 398 valence electrons. The van der Waals surface area contributed by atoms with Crippen LogP contribution < -0.4 is 5.11 Å². The molecule has 9 nitrogen and oxygen atoms in total. The Morgan fingerprint density at radius 2 is 0.838 bits per heavy atom. The Kier molecular flexibility index (Phi) is 49.0. The highest BCUT2D eigenvalue weighted by molar-refractivity contribution is 5.70. The summed E-state index contributed by atoms with van der Waals surface area (Å²) in [6.45, 7) is 4.65. The van der Waals surface area contributed by atoms with Crippen LogP contribution in [0.5, 0.6) is 0 Å². The van der Waals surface area contributed by atoms with Gasteiger partial charge in [-0.25, -0.2) is 0 Å². The largest absolute Gasteiger partial charge is 0.545 e. The van der Waals surface area contributed by atoms with E-state index in [0.29, 0.717) is 23.9 Å². The lowest BCUT2D eigenvalue weighted by atomic mass is 10.0. The fourth-order valence-electron chi connectivity index (χ4n) is 8.26. The minimum atomic E-state index is -1.62. The molecule has 0 aliphatic heterocycles. The molecule has 9 heteroatoms. The van der Waals surface area contributed by atoms with Crippen LogP contribution in [0.1, 0.15) is 264 Å². The molecule has 0 aromatic heterocycles. The van der Waals surface area contributed by atoms with Gasteiger partial charge in [-0.05, 0) is 44.9 Å². The van der Waals surface area contributed by atoms with Crippen molar-refractivity contribution < 1.29 is 42.9 Å². The van der Waals surface area contributed by atoms with Crippen molar-refractivity contribution in [2.24, 2.45) is 0 Å². The summed E-state index contributed by atoms with van der Waals surface area (Å²) in [5.74, 6) is -2.29. The maximum atomic E-state index is 12.8. The predicted octanol–water partition coefficient (Wildman–Crippen LogP) is 15.2. The van der Waals surface area contributed by atoms with E-state index >= 15 is 0 Å². The number of rotatable bonds is 53. The van der Waals surface area contributed by atoms with E-state index < -0.39 is 24.3 Å². The van der Waals surface area contributed by atoms with Gasteiger partial charge in [0, 0.05) is 12.8 Å². The highest BCUT2D eigenvalue weighted by Crippen LogP contribution is 2.17. The first-order valence-electron chi connectivity index (χ1n) is 28.6. The maximum Gasteiger partial charge on any atom is 0.306 e. The Bertz CT molecular complexity index is 1210. The van der Waals surface area contributed by atoms with E-state index in [1.807, 2.05) is 21.1 Å². The molecule has 0 spiro atoms. The van der Waals surface area contributed by atoms with Crippen molar-refractivity contribution in [2.45, 2.75) is 277 Å². The van der Waals surface area contributed by atoms with Crippen LogP contribution in [0.15, 0.2) is 36.5 Å². The first kappa shape index (κ1) is 65.5. The minimum Gasteiger partial charge on any atom is -0.545 e. The van der Waals surface area contributed by atoms with Gasteiger partial charge in [0.05, 0.1) is 40.3 Å². The third kappa shape index (κ3) is 51.4. The zero-order chi connectivity index (χ0) is 49.9. The summed E-state index contributed by atoms with van der Waals surface area (Å²) in [6, 6.07) is 0. The summed E-state index contributed by atoms with van der Waals surface area (Å²) in [5, 5.41) is 11.7. The van der Waals surface area contributed by atoms with Crippen molar-refractivity contribution in [3.63, 3.8) is 0 Å². The van der Waals surface area contributed by atoms with Gasteiger partial charge in [-0.15, -0.1) is 0 Å². The Morgan fingerprint density at radius 3 is 1.25 bits per heavy atom. The van der Waals surface area contributed by atoms with Crippen molar-refractivity contribution in [3.05, 3.63) is 36.5 Å². The molecule has 0 radical (unpaired) electrons. The summed E-state index contributed by atoms with van der Waals surface area (Å²) < 4.78 is 22.7. The van der Waals surface area contributed by atoms with Crippen molar-refractivity contribution >= 4 is 17.9 Å². The zero-order valence-corrected chi connectivity index (χ0v) is 45.2. The molecule has 0 heterocycles. The summed E-state index contributed by atoms with van der Waals surface area (Å²) in [5.41, 5.74) is 0. The van der Waals surface area contributed by atoms with E-state index in [1.165, 1.54) is 161 Å². The number of nitrogens with zero attached hydrogens (tertiary/aromatic N) is 1. The van der Waals surface area contributed by atoms with Crippen LogP contribution >= 0.6 is 0 Å². The number of carboxylic acids is 1.